The van der Waals surface area contributed by atoms with Gasteiger partial charge < -0.3 is 5.73 Å². The van der Waals surface area contributed by atoms with E-state index in [4.69, 9.17) is 5.73 Å². The molecule has 2 N–H and O–H groups in total. The lowest BCUT2D eigenvalue weighted by molar-refractivity contribution is 0.596. The molecule has 3 rings (SSSR count). The van der Waals surface area contributed by atoms with Crippen molar-refractivity contribution in [1.29, 1.82) is 0 Å². The molecule has 0 aliphatic carbocycles. The monoisotopic (exact) mass is 274 g/mol. The van der Waals surface area contributed by atoms with Gasteiger partial charge in [0.1, 0.15) is 5.82 Å². The van der Waals surface area contributed by atoms with Gasteiger partial charge in [-0.15, -0.1) is 10.2 Å². The van der Waals surface area contributed by atoms with Crippen LogP contribution in [0.25, 0.3) is 5.65 Å². The minimum Gasteiger partial charge on any atom is -0.326 e. The number of fused-ring (bicyclic) bond motifs is 1. The van der Waals surface area contributed by atoms with Crippen molar-refractivity contribution in [2.24, 2.45) is 5.73 Å². The summed E-state index contributed by atoms with van der Waals surface area (Å²) in [6.45, 7) is 0.289. The lowest BCUT2D eigenvalue weighted by Gasteiger charge is -2.07. The quantitative estimate of drug-likeness (QED) is 0.797. The minimum atomic E-state index is -0.291. The summed E-state index contributed by atoms with van der Waals surface area (Å²) >= 11 is 1.24. The van der Waals surface area contributed by atoms with Gasteiger partial charge in [-0.25, -0.2) is 4.39 Å². The molecule has 0 bridgehead atoms. The molecule has 0 amide bonds. The SMILES string of the molecule is NCc1cccc(F)c1Sc1nnc2ccccn12. The third kappa shape index (κ3) is 2.20. The van der Waals surface area contributed by atoms with Crippen molar-refractivity contribution in [2.75, 3.05) is 0 Å². The molecule has 0 spiro atoms. The van der Waals surface area contributed by atoms with E-state index in [2.05, 4.69) is 10.2 Å². The van der Waals surface area contributed by atoms with Crippen molar-refractivity contribution in [2.45, 2.75) is 16.6 Å². The molecule has 0 fully saturated rings. The molecule has 96 valence electrons. The Morgan fingerprint density at radius 1 is 1.16 bits per heavy atom. The van der Waals surface area contributed by atoms with Crippen molar-refractivity contribution < 1.29 is 4.39 Å². The topological polar surface area (TPSA) is 56.2 Å². The number of aromatic nitrogens is 3. The highest BCUT2D eigenvalue weighted by atomic mass is 32.2. The van der Waals surface area contributed by atoms with Gasteiger partial charge in [0.2, 0.25) is 5.16 Å². The van der Waals surface area contributed by atoms with Crippen LogP contribution >= 0.6 is 11.8 Å². The summed E-state index contributed by atoms with van der Waals surface area (Å²) in [6, 6.07) is 10.5. The average molecular weight is 274 g/mol. The van der Waals surface area contributed by atoms with E-state index < -0.39 is 0 Å². The van der Waals surface area contributed by atoms with Crippen LogP contribution in [0.2, 0.25) is 0 Å². The summed E-state index contributed by atoms with van der Waals surface area (Å²) in [6.07, 6.45) is 1.85. The Bertz CT molecular complexity index is 725. The molecule has 0 radical (unpaired) electrons. The van der Waals surface area contributed by atoms with Gasteiger partial charge in [-0.3, -0.25) is 4.40 Å². The maximum Gasteiger partial charge on any atom is 0.200 e. The molecular formula is C13H11FN4S. The molecule has 0 saturated carbocycles. The molecule has 1 aromatic carbocycles. The number of nitrogens with two attached hydrogens (primary N) is 1. The third-order valence-electron chi connectivity index (χ3n) is 2.74. The largest absolute Gasteiger partial charge is 0.326 e. The zero-order valence-corrected chi connectivity index (χ0v) is 10.8. The number of halogens is 1. The first-order valence-corrected chi connectivity index (χ1v) is 6.56. The van der Waals surface area contributed by atoms with Crippen LogP contribution in [0.4, 0.5) is 4.39 Å². The summed E-state index contributed by atoms with van der Waals surface area (Å²) < 4.78 is 15.7. The predicted molar refractivity (Wildman–Crippen MR) is 71.4 cm³/mol. The van der Waals surface area contributed by atoms with Crippen LogP contribution in [0.5, 0.6) is 0 Å². The van der Waals surface area contributed by atoms with E-state index in [0.717, 1.165) is 11.2 Å². The highest BCUT2D eigenvalue weighted by Gasteiger charge is 2.13. The van der Waals surface area contributed by atoms with Gasteiger partial charge in [0.25, 0.3) is 0 Å². The molecule has 2 heterocycles. The van der Waals surface area contributed by atoms with Crippen LogP contribution < -0.4 is 5.73 Å². The molecule has 0 saturated heterocycles. The maximum absolute atomic E-state index is 13.9. The lowest BCUT2D eigenvalue weighted by Crippen LogP contribution is -2.00. The second-order valence-electron chi connectivity index (χ2n) is 3.95. The molecule has 4 nitrogen and oxygen atoms in total. The van der Waals surface area contributed by atoms with Crippen molar-refractivity contribution in [3.63, 3.8) is 0 Å². The smallest absolute Gasteiger partial charge is 0.200 e. The zero-order chi connectivity index (χ0) is 13.2. The zero-order valence-electron chi connectivity index (χ0n) is 9.95. The maximum atomic E-state index is 13.9. The fourth-order valence-corrected chi connectivity index (χ4v) is 2.77. The van der Waals surface area contributed by atoms with E-state index in [9.17, 15) is 4.39 Å². The van der Waals surface area contributed by atoms with E-state index in [1.807, 2.05) is 34.9 Å². The van der Waals surface area contributed by atoms with Gasteiger partial charge in [-0.1, -0.05) is 18.2 Å². The van der Waals surface area contributed by atoms with Gasteiger partial charge in [-0.05, 0) is 35.5 Å². The molecule has 3 aromatic rings. The predicted octanol–water partition coefficient (Wildman–Crippen LogP) is 2.48. The fourth-order valence-electron chi connectivity index (χ4n) is 1.81. The third-order valence-corrected chi connectivity index (χ3v) is 3.87. The first-order chi connectivity index (χ1) is 9.29. The Morgan fingerprint density at radius 3 is 2.89 bits per heavy atom. The van der Waals surface area contributed by atoms with E-state index in [1.165, 1.54) is 17.8 Å². The molecule has 0 unspecified atom stereocenters. The number of pyridine rings is 1. The highest BCUT2D eigenvalue weighted by molar-refractivity contribution is 7.99. The van der Waals surface area contributed by atoms with Crippen molar-refractivity contribution in [3.05, 3.63) is 54.0 Å². The number of rotatable bonds is 3. The van der Waals surface area contributed by atoms with Crippen LogP contribution in [-0.2, 0) is 6.54 Å². The van der Waals surface area contributed by atoms with Gasteiger partial charge in [-0.2, -0.15) is 0 Å². The summed E-state index contributed by atoms with van der Waals surface area (Å²) in [4.78, 5) is 0.503. The van der Waals surface area contributed by atoms with Crippen LogP contribution in [0, 0.1) is 5.82 Å². The summed E-state index contributed by atoms with van der Waals surface area (Å²) in [7, 11) is 0. The van der Waals surface area contributed by atoms with Crippen LogP contribution in [0.3, 0.4) is 0 Å². The Morgan fingerprint density at radius 2 is 2.05 bits per heavy atom. The molecule has 6 heteroatoms. The van der Waals surface area contributed by atoms with E-state index in [0.29, 0.717) is 10.1 Å². The first-order valence-electron chi connectivity index (χ1n) is 5.74. The average Bonchev–Trinajstić information content (AvgIpc) is 2.84. The Labute approximate surface area is 113 Å². The van der Waals surface area contributed by atoms with Gasteiger partial charge in [0, 0.05) is 12.7 Å². The second kappa shape index (κ2) is 4.99. The van der Waals surface area contributed by atoms with E-state index in [-0.39, 0.29) is 12.4 Å². The molecule has 0 aliphatic heterocycles. The highest BCUT2D eigenvalue weighted by Crippen LogP contribution is 2.31. The molecule has 19 heavy (non-hydrogen) atoms. The van der Waals surface area contributed by atoms with Crippen LogP contribution in [0.1, 0.15) is 5.56 Å². The lowest BCUT2D eigenvalue weighted by atomic mass is 10.2. The Kier molecular flexibility index (Phi) is 3.18. The van der Waals surface area contributed by atoms with E-state index >= 15 is 0 Å². The summed E-state index contributed by atoms with van der Waals surface area (Å²) in [5.41, 5.74) is 7.13. The molecular weight excluding hydrogens is 263 g/mol. The van der Waals surface area contributed by atoms with Crippen molar-refractivity contribution in [1.82, 2.24) is 14.6 Å². The number of hydrogen-bond donors (Lipinski definition) is 1. The van der Waals surface area contributed by atoms with E-state index in [1.54, 1.807) is 6.07 Å². The number of nitrogens with zero attached hydrogens (tertiary/aromatic N) is 3. The first kappa shape index (κ1) is 12.1. The number of benzene rings is 1. The Balaban J connectivity index is 2.06. The molecule has 0 atom stereocenters. The summed E-state index contributed by atoms with van der Waals surface area (Å²) in [5, 5.41) is 8.73. The molecule has 0 aliphatic rings. The second-order valence-corrected chi connectivity index (χ2v) is 4.92. The van der Waals surface area contributed by atoms with Crippen molar-refractivity contribution in [3.8, 4) is 0 Å². The summed E-state index contributed by atoms with van der Waals surface area (Å²) in [5.74, 6) is -0.291. The van der Waals surface area contributed by atoms with Crippen molar-refractivity contribution >= 4 is 17.4 Å². The van der Waals surface area contributed by atoms with Crippen LogP contribution in [0.15, 0.2) is 52.6 Å². The fraction of sp³-hybridized carbons (Fsp3) is 0.0769. The van der Waals surface area contributed by atoms with Gasteiger partial charge >= 0.3 is 0 Å². The number of hydrogen-bond acceptors (Lipinski definition) is 4. The molecule has 2 aromatic heterocycles. The van der Waals surface area contributed by atoms with Gasteiger partial charge in [0.05, 0.1) is 4.90 Å². The normalized spacial score (nSPS) is 11.1. The van der Waals surface area contributed by atoms with Crippen LogP contribution in [-0.4, -0.2) is 14.6 Å². The van der Waals surface area contributed by atoms with Gasteiger partial charge in [0.15, 0.2) is 5.65 Å². The standard InChI is InChI=1S/C13H11FN4S/c14-10-5-3-4-9(8-15)12(10)19-13-17-16-11-6-1-2-7-18(11)13/h1-7H,8,15H2. The Hall–Kier alpha value is -1.92. The minimum absolute atomic E-state index is 0.289.